The van der Waals surface area contributed by atoms with Crippen molar-refractivity contribution < 1.29 is 27.5 Å². The number of nitrogens with one attached hydrogen (secondary N) is 1. The molecule has 0 saturated carbocycles. The molecule has 1 atom stereocenters. The molecule has 1 N–H and O–H groups in total. The number of carbonyl (C=O) groups excluding carboxylic acids is 2. The highest BCUT2D eigenvalue weighted by molar-refractivity contribution is 9.10. The molecule has 22 heavy (non-hydrogen) atoms. The summed E-state index contributed by atoms with van der Waals surface area (Å²) in [5.74, 6) is -0.924. The van der Waals surface area contributed by atoms with Gasteiger partial charge in [-0.1, -0.05) is 22.0 Å². The zero-order valence-corrected chi connectivity index (χ0v) is 12.8. The van der Waals surface area contributed by atoms with Crippen molar-refractivity contribution in [1.82, 2.24) is 4.90 Å². The summed E-state index contributed by atoms with van der Waals surface area (Å²) in [7, 11) is 0. The van der Waals surface area contributed by atoms with Gasteiger partial charge in [-0.05, 0) is 18.2 Å². The van der Waals surface area contributed by atoms with Crippen LogP contribution in [-0.4, -0.2) is 42.3 Å². The van der Waals surface area contributed by atoms with Crippen LogP contribution in [0.4, 0.5) is 23.7 Å². The third kappa shape index (κ3) is 4.12. The van der Waals surface area contributed by atoms with Crippen LogP contribution in [0.2, 0.25) is 0 Å². The van der Waals surface area contributed by atoms with Gasteiger partial charge in [0.2, 0.25) is 5.91 Å². The molecule has 1 fully saturated rings. The number of hydrogen-bond acceptors (Lipinski definition) is 4. The Morgan fingerprint density at radius 3 is 2.73 bits per heavy atom. The van der Waals surface area contributed by atoms with E-state index in [1.807, 2.05) is 0 Å². The third-order valence-electron chi connectivity index (χ3n) is 3.00. The van der Waals surface area contributed by atoms with E-state index in [0.29, 0.717) is 9.37 Å². The van der Waals surface area contributed by atoms with Gasteiger partial charge in [0.25, 0.3) is 0 Å². The highest BCUT2D eigenvalue weighted by Crippen LogP contribution is 2.28. The van der Waals surface area contributed by atoms with Crippen molar-refractivity contribution in [2.75, 3.05) is 18.5 Å². The average molecular weight is 381 g/mol. The van der Waals surface area contributed by atoms with Crippen molar-refractivity contribution in [2.45, 2.75) is 18.6 Å². The lowest BCUT2D eigenvalue weighted by molar-refractivity contribution is -0.153. The minimum Gasteiger partial charge on any atom is -0.447 e. The lowest BCUT2D eigenvalue weighted by Gasteiger charge is -2.23. The Hall–Kier alpha value is -1.77. The molecule has 120 valence electrons. The highest BCUT2D eigenvalue weighted by Gasteiger charge is 2.43. The van der Waals surface area contributed by atoms with Gasteiger partial charge in [0.1, 0.15) is 12.6 Å². The molecule has 9 heteroatoms. The second kappa shape index (κ2) is 6.55. The SMILES string of the molecule is O=C(C[C@H](Nc1cccc(Br)c1)C(F)(F)F)N1CCOC1=O. The lowest BCUT2D eigenvalue weighted by atomic mass is 10.1. The number of amides is 2. The normalized spacial score (nSPS) is 16.4. The molecule has 1 heterocycles. The van der Waals surface area contributed by atoms with E-state index >= 15 is 0 Å². The van der Waals surface area contributed by atoms with Crippen molar-refractivity contribution in [3.05, 3.63) is 28.7 Å². The summed E-state index contributed by atoms with van der Waals surface area (Å²) in [5.41, 5.74) is 0.216. The van der Waals surface area contributed by atoms with Crippen LogP contribution in [0, 0.1) is 0 Å². The average Bonchev–Trinajstić information content (AvgIpc) is 2.83. The first kappa shape index (κ1) is 16.6. The van der Waals surface area contributed by atoms with E-state index in [1.54, 1.807) is 12.1 Å². The summed E-state index contributed by atoms with van der Waals surface area (Å²) in [5, 5.41) is 2.27. The Kier molecular flexibility index (Phi) is 4.94. The van der Waals surface area contributed by atoms with Crippen LogP contribution in [0.3, 0.4) is 0 Å². The zero-order chi connectivity index (χ0) is 16.3. The van der Waals surface area contributed by atoms with E-state index in [9.17, 15) is 22.8 Å². The summed E-state index contributed by atoms with van der Waals surface area (Å²) < 4.78 is 44.4. The van der Waals surface area contributed by atoms with Crippen LogP contribution in [0.15, 0.2) is 28.7 Å². The molecule has 2 rings (SSSR count). The summed E-state index contributed by atoms with van der Waals surface area (Å²) >= 11 is 3.16. The van der Waals surface area contributed by atoms with Gasteiger partial charge in [0.15, 0.2) is 0 Å². The first-order valence-electron chi connectivity index (χ1n) is 6.33. The number of imide groups is 1. The highest BCUT2D eigenvalue weighted by atomic mass is 79.9. The zero-order valence-electron chi connectivity index (χ0n) is 11.2. The van der Waals surface area contributed by atoms with Crippen molar-refractivity contribution in [3.8, 4) is 0 Å². The molecule has 0 aliphatic carbocycles. The van der Waals surface area contributed by atoms with Gasteiger partial charge < -0.3 is 10.1 Å². The minimum atomic E-state index is -4.64. The van der Waals surface area contributed by atoms with Crippen LogP contribution >= 0.6 is 15.9 Å². The topological polar surface area (TPSA) is 58.6 Å². The van der Waals surface area contributed by atoms with Gasteiger partial charge in [-0.25, -0.2) is 9.69 Å². The predicted molar refractivity (Wildman–Crippen MR) is 75.3 cm³/mol. The van der Waals surface area contributed by atoms with Gasteiger partial charge in [-0.15, -0.1) is 0 Å². The quantitative estimate of drug-likeness (QED) is 0.871. The molecule has 0 unspecified atom stereocenters. The Morgan fingerprint density at radius 2 is 2.18 bits per heavy atom. The summed E-state index contributed by atoms with van der Waals surface area (Å²) in [6, 6.07) is 4.06. The van der Waals surface area contributed by atoms with Gasteiger partial charge in [-0.3, -0.25) is 4.79 Å². The van der Waals surface area contributed by atoms with Crippen molar-refractivity contribution in [2.24, 2.45) is 0 Å². The van der Waals surface area contributed by atoms with Crippen LogP contribution in [-0.2, 0) is 9.53 Å². The number of halogens is 4. The standard InChI is InChI=1S/C13H12BrF3N2O3/c14-8-2-1-3-9(6-8)18-10(13(15,16)17)7-11(20)19-4-5-22-12(19)21/h1-3,6,10,18H,4-5,7H2/t10-/m0/s1. The molecule has 1 aliphatic heterocycles. The molecule has 0 radical (unpaired) electrons. The van der Waals surface area contributed by atoms with Crippen molar-refractivity contribution in [1.29, 1.82) is 0 Å². The molecule has 0 bridgehead atoms. The van der Waals surface area contributed by atoms with Crippen LogP contribution in [0.1, 0.15) is 6.42 Å². The van der Waals surface area contributed by atoms with Gasteiger partial charge in [-0.2, -0.15) is 13.2 Å². The Morgan fingerprint density at radius 1 is 1.45 bits per heavy atom. The molecule has 1 aromatic carbocycles. The first-order chi connectivity index (χ1) is 10.3. The van der Waals surface area contributed by atoms with Crippen LogP contribution in [0.5, 0.6) is 0 Å². The number of anilines is 1. The molecule has 0 aromatic heterocycles. The summed E-state index contributed by atoms with van der Waals surface area (Å²) in [6.45, 7) is -0.0283. The van der Waals surface area contributed by atoms with E-state index in [2.05, 4.69) is 26.0 Å². The fraction of sp³-hybridized carbons (Fsp3) is 0.385. The number of alkyl halides is 3. The van der Waals surface area contributed by atoms with E-state index in [-0.39, 0.29) is 18.8 Å². The second-order valence-corrected chi connectivity index (χ2v) is 5.53. The molecule has 2 amide bonds. The number of rotatable bonds is 4. The maximum absolute atomic E-state index is 13.1. The molecular weight excluding hydrogens is 369 g/mol. The fourth-order valence-electron chi connectivity index (χ4n) is 1.93. The number of cyclic esters (lactones) is 1. The van der Waals surface area contributed by atoms with E-state index in [1.165, 1.54) is 12.1 Å². The van der Waals surface area contributed by atoms with Gasteiger partial charge in [0, 0.05) is 10.2 Å². The second-order valence-electron chi connectivity index (χ2n) is 4.61. The smallest absolute Gasteiger partial charge is 0.416 e. The number of carbonyl (C=O) groups is 2. The minimum absolute atomic E-state index is 0.000316. The fourth-order valence-corrected chi connectivity index (χ4v) is 2.33. The molecule has 1 aromatic rings. The van der Waals surface area contributed by atoms with E-state index < -0.39 is 30.6 Å². The Labute approximate surface area is 132 Å². The third-order valence-corrected chi connectivity index (χ3v) is 3.49. The molecular formula is C13H12BrF3N2O3. The number of hydrogen-bond donors (Lipinski definition) is 1. The first-order valence-corrected chi connectivity index (χ1v) is 7.12. The maximum Gasteiger partial charge on any atom is 0.416 e. The molecule has 1 saturated heterocycles. The maximum atomic E-state index is 13.1. The van der Waals surface area contributed by atoms with Crippen molar-refractivity contribution >= 4 is 33.6 Å². The molecule has 1 aliphatic rings. The van der Waals surface area contributed by atoms with Gasteiger partial charge >= 0.3 is 12.3 Å². The number of ether oxygens (including phenoxy) is 1. The van der Waals surface area contributed by atoms with E-state index in [4.69, 9.17) is 0 Å². The van der Waals surface area contributed by atoms with Crippen LogP contribution < -0.4 is 5.32 Å². The molecule has 0 spiro atoms. The summed E-state index contributed by atoms with van der Waals surface area (Å²) in [4.78, 5) is 23.8. The Bertz CT molecular complexity index is 580. The van der Waals surface area contributed by atoms with Gasteiger partial charge in [0.05, 0.1) is 13.0 Å². The largest absolute Gasteiger partial charge is 0.447 e. The monoisotopic (exact) mass is 380 g/mol. The predicted octanol–water partition coefficient (Wildman–Crippen LogP) is 3.16. The van der Waals surface area contributed by atoms with E-state index in [0.717, 1.165) is 0 Å². The number of nitrogens with zero attached hydrogens (tertiary/aromatic N) is 1. The number of benzene rings is 1. The Balaban J connectivity index is 2.10. The summed E-state index contributed by atoms with van der Waals surface area (Å²) in [6.07, 6.45) is -6.43. The van der Waals surface area contributed by atoms with Crippen LogP contribution in [0.25, 0.3) is 0 Å². The lowest BCUT2D eigenvalue weighted by Crippen LogP contribution is -2.42. The molecule has 5 nitrogen and oxygen atoms in total. The van der Waals surface area contributed by atoms with Crippen molar-refractivity contribution in [3.63, 3.8) is 0 Å².